The van der Waals surface area contributed by atoms with Gasteiger partial charge in [-0.05, 0) is 61.6 Å². The van der Waals surface area contributed by atoms with Crippen molar-refractivity contribution in [1.82, 2.24) is 20.4 Å². The number of nitrogens with zero attached hydrogens (tertiary/aromatic N) is 3. The van der Waals surface area contributed by atoms with Crippen molar-refractivity contribution >= 4 is 11.8 Å². The van der Waals surface area contributed by atoms with E-state index >= 15 is 0 Å². The smallest absolute Gasteiger partial charge is 0.255 e. The van der Waals surface area contributed by atoms with Gasteiger partial charge in [0, 0.05) is 25.6 Å². The van der Waals surface area contributed by atoms with Gasteiger partial charge in [-0.2, -0.15) is 10.2 Å². The van der Waals surface area contributed by atoms with Gasteiger partial charge in [0.1, 0.15) is 0 Å². The summed E-state index contributed by atoms with van der Waals surface area (Å²) in [6.07, 6.45) is 6.45. The van der Waals surface area contributed by atoms with Gasteiger partial charge in [0.2, 0.25) is 5.91 Å². The van der Waals surface area contributed by atoms with Gasteiger partial charge in [-0.25, -0.2) is 0 Å². The van der Waals surface area contributed by atoms with Gasteiger partial charge in [0.05, 0.1) is 18.0 Å². The van der Waals surface area contributed by atoms with Crippen molar-refractivity contribution in [3.8, 4) is 0 Å². The van der Waals surface area contributed by atoms with Crippen LogP contribution < -0.4 is 5.32 Å². The number of benzene rings is 1. The molecule has 1 N–H and O–H groups in total. The minimum Gasteiger partial charge on any atom is -0.354 e. The van der Waals surface area contributed by atoms with Gasteiger partial charge >= 0.3 is 0 Å². The molecule has 1 aromatic carbocycles. The third-order valence-electron chi connectivity index (χ3n) is 6.33. The van der Waals surface area contributed by atoms with Crippen LogP contribution >= 0.6 is 0 Å². The second kappa shape index (κ2) is 7.93. The van der Waals surface area contributed by atoms with Crippen molar-refractivity contribution < 1.29 is 9.59 Å². The monoisotopic (exact) mass is 392 g/mol. The molecule has 152 valence electrons. The number of carbonyl (C=O) groups excluding carboxylic acids is 2. The lowest BCUT2D eigenvalue weighted by Gasteiger charge is -2.40. The van der Waals surface area contributed by atoms with Crippen LogP contribution in [0.15, 0.2) is 42.7 Å². The molecule has 1 atom stereocenters. The molecule has 0 bridgehead atoms. The molecule has 1 aliphatic heterocycles. The van der Waals surface area contributed by atoms with E-state index in [0.717, 1.165) is 32.4 Å². The van der Waals surface area contributed by atoms with Crippen LogP contribution in [0.4, 0.5) is 0 Å². The van der Waals surface area contributed by atoms with E-state index in [1.54, 1.807) is 12.3 Å². The van der Waals surface area contributed by atoms with E-state index in [0.29, 0.717) is 12.0 Å². The number of piperidine rings is 1. The van der Waals surface area contributed by atoms with Crippen LogP contribution in [0, 0.1) is 0 Å². The Morgan fingerprint density at radius 3 is 2.62 bits per heavy atom. The van der Waals surface area contributed by atoms with E-state index in [4.69, 9.17) is 0 Å². The lowest BCUT2D eigenvalue weighted by molar-refractivity contribution is -0.122. The van der Waals surface area contributed by atoms with Crippen molar-refractivity contribution in [3.05, 3.63) is 59.4 Å². The molecular weight excluding hydrogens is 364 g/mol. The average Bonchev–Trinajstić information content (AvgIpc) is 3.01. The first-order valence-electron chi connectivity index (χ1n) is 10.4. The van der Waals surface area contributed by atoms with Gasteiger partial charge in [-0.3, -0.25) is 9.59 Å². The Labute approximate surface area is 171 Å². The Morgan fingerprint density at radius 1 is 1.17 bits per heavy atom. The summed E-state index contributed by atoms with van der Waals surface area (Å²) < 4.78 is 0. The molecule has 0 radical (unpaired) electrons. The molecule has 6 nitrogen and oxygen atoms in total. The van der Waals surface area contributed by atoms with Crippen molar-refractivity contribution in [1.29, 1.82) is 0 Å². The highest BCUT2D eigenvalue weighted by Crippen LogP contribution is 2.52. The number of fused-ring (bicyclic) bond motifs is 2. The first kappa shape index (κ1) is 19.6. The molecule has 1 aromatic heterocycles. The summed E-state index contributed by atoms with van der Waals surface area (Å²) in [6, 6.07) is 10.4. The lowest BCUT2D eigenvalue weighted by Crippen LogP contribution is -2.44. The Balaban J connectivity index is 1.49. The van der Waals surface area contributed by atoms with Crippen LogP contribution in [0.5, 0.6) is 0 Å². The van der Waals surface area contributed by atoms with Crippen LogP contribution in [-0.4, -0.2) is 46.0 Å². The van der Waals surface area contributed by atoms with Crippen molar-refractivity contribution in [2.75, 3.05) is 13.1 Å². The maximum Gasteiger partial charge on any atom is 0.255 e. The predicted octanol–water partition coefficient (Wildman–Crippen LogP) is 3.05. The minimum atomic E-state index is 0.0221. The van der Waals surface area contributed by atoms with E-state index in [2.05, 4.69) is 39.8 Å². The van der Waals surface area contributed by atoms with Crippen molar-refractivity contribution in [2.45, 2.75) is 56.9 Å². The third kappa shape index (κ3) is 3.88. The second-order valence-electron chi connectivity index (χ2n) is 8.62. The Morgan fingerprint density at radius 2 is 1.93 bits per heavy atom. The summed E-state index contributed by atoms with van der Waals surface area (Å²) in [5.41, 5.74) is 3.34. The van der Waals surface area contributed by atoms with Gasteiger partial charge < -0.3 is 10.2 Å². The van der Waals surface area contributed by atoms with E-state index < -0.39 is 0 Å². The molecule has 2 aromatic rings. The molecule has 29 heavy (non-hydrogen) atoms. The molecule has 0 saturated carbocycles. The maximum absolute atomic E-state index is 12.8. The lowest BCUT2D eigenvalue weighted by atomic mass is 9.73. The summed E-state index contributed by atoms with van der Waals surface area (Å²) in [5.74, 6) is 0.389. The Kier molecular flexibility index (Phi) is 5.35. The highest BCUT2D eigenvalue weighted by atomic mass is 16.2. The van der Waals surface area contributed by atoms with Gasteiger partial charge in [0.15, 0.2) is 0 Å². The number of amides is 2. The largest absolute Gasteiger partial charge is 0.354 e. The van der Waals surface area contributed by atoms with E-state index in [-0.39, 0.29) is 29.2 Å². The first-order valence-corrected chi connectivity index (χ1v) is 10.4. The maximum atomic E-state index is 12.8. The second-order valence-corrected chi connectivity index (χ2v) is 8.62. The standard InChI is InChI=1S/C23H28N4O2/c1-16(2)26-21(28)13-18-14-23(20-6-4-3-5-19(18)20)8-11-27(12-9-23)22(29)17-7-10-24-25-15-17/h3-7,10,15-16,18H,8-9,11-14H2,1-2H3,(H,26,28). The minimum absolute atomic E-state index is 0.0221. The fraction of sp³-hybridized carbons (Fsp3) is 0.478. The summed E-state index contributed by atoms with van der Waals surface area (Å²) >= 11 is 0. The topological polar surface area (TPSA) is 75.2 Å². The zero-order valence-electron chi connectivity index (χ0n) is 17.1. The van der Waals surface area contributed by atoms with Gasteiger partial charge in [-0.1, -0.05) is 24.3 Å². The molecule has 1 fully saturated rings. The zero-order valence-corrected chi connectivity index (χ0v) is 17.1. The molecule has 1 saturated heterocycles. The first-order chi connectivity index (χ1) is 14.0. The molecule has 2 amide bonds. The number of rotatable bonds is 4. The highest BCUT2D eigenvalue weighted by molar-refractivity contribution is 5.93. The Hall–Kier alpha value is -2.76. The number of nitrogens with one attached hydrogen (secondary N) is 1. The summed E-state index contributed by atoms with van der Waals surface area (Å²) in [4.78, 5) is 27.1. The number of likely N-dealkylation sites (tertiary alicyclic amines) is 1. The summed E-state index contributed by atoms with van der Waals surface area (Å²) in [6.45, 7) is 5.43. The molecule has 6 heteroatoms. The average molecular weight is 393 g/mol. The van der Waals surface area contributed by atoms with Gasteiger partial charge in [0.25, 0.3) is 5.91 Å². The zero-order chi connectivity index (χ0) is 20.4. The van der Waals surface area contributed by atoms with Gasteiger partial charge in [-0.15, -0.1) is 0 Å². The molecule has 1 unspecified atom stereocenters. The predicted molar refractivity (Wildman–Crippen MR) is 111 cm³/mol. The normalized spacial score (nSPS) is 20.0. The summed E-state index contributed by atoms with van der Waals surface area (Å²) in [5, 5.41) is 10.6. The van der Waals surface area contributed by atoms with Crippen LogP contribution in [0.3, 0.4) is 0 Å². The fourth-order valence-electron chi connectivity index (χ4n) is 5.03. The van der Waals surface area contributed by atoms with Crippen LogP contribution in [0.2, 0.25) is 0 Å². The van der Waals surface area contributed by atoms with E-state index in [1.165, 1.54) is 17.3 Å². The molecule has 1 aliphatic carbocycles. The Bertz CT molecular complexity index is 889. The molecular formula is C23H28N4O2. The number of aromatic nitrogens is 2. The SMILES string of the molecule is CC(C)NC(=O)CC1CC2(CCN(C(=O)c3ccnnc3)CC2)c2ccccc21. The number of carbonyl (C=O) groups is 2. The highest BCUT2D eigenvalue weighted by Gasteiger charge is 2.46. The third-order valence-corrected chi connectivity index (χ3v) is 6.33. The molecule has 1 spiro atoms. The van der Waals surface area contributed by atoms with E-state index in [9.17, 15) is 9.59 Å². The fourth-order valence-corrected chi connectivity index (χ4v) is 5.03. The van der Waals surface area contributed by atoms with Crippen LogP contribution in [0.25, 0.3) is 0 Å². The van der Waals surface area contributed by atoms with Crippen molar-refractivity contribution in [3.63, 3.8) is 0 Å². The van der Waals surface area contributed by atoms with Crippen LogP contribution in [-0.2, 0) is 10.2 Å². The van der Waals surface area contributed by atoms with Crippen molar-refractivity contribution in [2.24, 2.45) is 0 Å². The van der Waals surface area contributed by atoms with Crippen LogP contribution in [0.1, 0.15) is 66.9 Å². The summed E-state index contributed by atoms with van der Waals surface area (Å²) in [7, 11) is 0. The quantitative estimate of drug-likeness (QED) is 0.868. The number of hydrogen-bond donors (Lipinski definition) is 1. The molecule has 4 rings (SSSR count). The molecule has 2 heterocycles. The van der Waals surface area contributed by atoms with E-state index in [1.807, 2.05) is 18.7 Å². The number of hydrogen-bond acceptors (Lipinski definition) is 4. The molecule has 2 aliphatic rings.